The highest BCUT2D eigenvalue weighted by molar-refractivity contribution is 7.92. The number of anilines is 3. The first kappa shape index (κ1) is 19.1. The molecule has 0 radical (unpaired) electrons. The Hall–Kier alpha value is -2.93. The summed E-state index contributed by atoms with van der Waals surface area (Å²) in [6.07, 6.45) is 5.99. The van der Waals surface area contributed by atoms with Crippen LogP contribution in [0.25, 0.3) is 0 Å². The molecule has 0 atom stereocenters. The van der Waals surface area contributed by atoms with Gasteiger partial charge in [0.25, 0.3) is 20.9 Å². The Kier molecular flexibility index (Phi) is 4.32. The van der Waals surface area contributed by atoms with Crippen molar-refractivity contribution in [2.75, 3.05) is 10.0 Å². The number of aryl methyl sites for hydroxylation is 3. The van der Waals surface area contributed by atoms with E-state index in [1.54, 1.807) is 12.1 Å². The molecule has 3 aromatic carbocycles. The van der Waals surface area contributed by atoms with Crippen LogP contribution in [0.5, 0.6) is 0 Å². The Bertz CT molecular complexity index is 1320. The van der Waals surface area contributed by atoms with E-state index in [1.165, 1.54) is 34.4 Å². The van der Waals surface area contributed by atoms with Gasteiger partial charge < -0.3 is 5.32 Å². The van der Waals surface area contributed by atoms with Gasteiger partial charge in [-0.3, -0.25) is 14.3 Å². The zero-order chi connectivity index (χ0) is 21.0. The summed E-state index contributed by atoms with van der Waals surface area (Å²) in [5.74, 6) is 0. The number of benzene rings is 2. The maximum Gasteiger partial charge on any atom is 0.262 e. The topological polar surface area (TPSA) is 92.3 Å². The third-order valence-electron chi connectivity index (χ3n) is 6.20. The first-order valence-electron chi connectivity index (χ1n) is 10.2. The van der Waals surface area contributed by atoms with E-state index in [0.29, 0.717) is 0 Å². The van der Waals surface area contributed by atoms with E-state index in [1.807, 2.05) is 6.92 Å². The fraction of sp³-hybridized carbons (Fsp3) is 0.304. The highest BCUT2D eigenvalue weighted by Crippen LogP contribution is 2.40. The first-order chi connectivity index (χ1) is 14.3. The zero-order valence-corrected chi connectivity index (χ0v) is 17.5. The van der Waals surface area contributed by atoms with Gasteiger partial charge in [-0.05, 0) is 79.8 Å². The molecule has 0 fully saturated rings. The van der Waals surface area contributed by atoms with E-state index < -0.39 is 20.9 Å². The Morgan fingerprint density at radius 1 is 0.767 bits per heavy atom. The van der Waals surface area contributed by atoms with Gasteiger partial charge in [0, 0.05) is 5.69 Å². The average molecular weight is 423 g/mol. The van der Waals surface area contributed by atoms with Gasteiger partial charge in [-0.15, -0.1) is 0 Å². The van der Waals surface area contributed by atoms with E-state index in [4.69, 9.17) is 0 Å². The second kappa shape index (κ2) is 6.80. The summed E-state index contributed by atoms with van der Waals surface area (Å²) in [6.45, 7) is 1.86. The fourth-order valence-corrected chi connectivity index (χ4v) is 5.69. The lowest BCUT2D eigenvalue weighted by atomic mass is 9.98. The molecule has 0 heterocycles. The van der Waals surface area contributed by atoms with Crippen LogP contribution in [0.4, 0.5) is 17.1 Å². The molecule has 0 amide bonds. The fourth-order valence-electron chi connectivity index (χ4n) is 4.61. The van der Waals surface area contributed by atoms with Crippen molar-refractivity contribution in [3.8, 4) is 0 Å². The zero-order valence-electron chi connectivity index (χ0n) is 16.7. The monoisotopic (exact) mass is 422 g/mol. The molecule has 7 heteroatoms. The van der Waals surface area contributed by atoms with E-state index in [9.17, 15) is 18.0 Å². The van der Waals surface area contributed by atoms with Gasteiger partial charge in [0.05, 0.1) is 4.90 Å². The van der Waals surface area contributed by atoms with Crippen LogP contribution in [0.1, 0.15) is 40.7 Å². The van der Waals surface area contributed by atoms with Crippen LogP contribution in [0, 0.1) is 6.92 Å². The standard InChI is InChI=1S/C23H22N2O4S/c1-13-8-10-16(11-9-13)30(28,29)25-21-20(22(26)23(21)27)24-19-17-6-2-4-14(17)12-15-5-3-7-18(15)19/h8-12,24-25H,2-7H2,1H3. The molecule has 5 rings (SSSR count). The molecule has 0 spiro atoms. The van der Waals surface area contributed by atoms with E-state index in [-0.39, 0.29) is 16.3 Å². The molecule has 0 saturated heterocycles. The molecular formula is C23H22N2O4S. The van der Waals surface area contributed by atoms with Gasteiger partial charge in [-0.25, -0.2) is 8.42 Å². The third-order valence-corrected chi connectivity index (χ3v) is 7.57. The predicted octanol–water partition coefficient (Wildman–Crippen LogP) is 3.11. The second-order valence-corrected chi connectivity index (χ2v) is 9.87. The molecule has 0 bridgehead atoms. The smallest absolute Gasteiger partial charge is 0.262 e. The van der Waals surface area contributed by atoms with Crippen LogP contribution in [0.3, 0.4) is 0 Å². The third kappa shape index (κ3) is 2.96. The molecule has 3 aromatic rings. The largest absolute Gasteiger partial charge is 0.350 e. The quantitative estimate of drug-likeness (QED) is 0.617. The van der Waals surface area contributed by atoms with E-state index >= 15 is 0 Å². The highest BCUT2D eigenvalue weighted by Gasteiger charge is 2.30. The minimum atomic E-state index is -3.96. The van der Waals surface area contributed by atoms with Gasteiger partial charge in [-0.2, -0.15) is 0 Å². The lowest BCUT2D eigenvalue weighted by Crippen LogP contribution is -2.38. The summed E-state index contributed by atoms with van der Waals surface area (Å²) >= 11 is 0. The van der Waals surface area contributed by atoms with Gasteiger partial charge in [0.2, 0.25) is 0 Å². The van der Waals surface area contributed by atoms with Crippen molar-refractivity contribution < 1.29 is 8.42 Å². The van der Waals surface area contributed by atoms with Crippen molar-refractivity contribution in [3.63, 3.8) is 0 Å². The van der Waals surface area contributed by atoms with Crippen LogP contribution in [0.15, 0.2) is 44.8 Å². The molecule has 0 aliphatic heterocycles. The van der Waals surface area contributed by atoms with E-state index in [0.717, 1.165) is 49.8 Å². The molecular weight excluding hydrogens is 400 g/mol. The van der Waals surface area contributed by atoms with E-state index in [2.05, 4.69) is 16.1 Å². The molecule has 2 N–H and O–H groups in total. The molecule has 0 unspecified atom stereocenters. The van der Waals surface area contributed by atoms with Gasteiger partial charge in [0.15, 0.2) is 0 Å². The number of nitrogens with one attached hydrogen (secondary N) is 2. The first-order valence-corrected chi connectivity index (χ1v) is 11.7. The van der Waals surface area contributed by atoms with Crippen molar-refractivity contribution in [2.45, 2.75) is 50.3 Å². The van der Waals surface area contributed by atoms with Crippen LogP contribution in [0.2, 0.25) is 0 Å². The molecule has 2 aliphatic carbocycles. The Balaban J connectivity index is 1.52. The van der Waals surface area contributed by atoms with Crippen molar-refractivity contribution in [1.82, 2.24) is 0 Å². The molecule has 30 heavy (non-hydrogen) atoms. The van der Waals surface area contributed by atoms with Crippen LogP contribution in [-0.2, 0) is 35.7 Å². The number of hydrogen-bond donors (Lipinski definition) is 2. The molecule has 0 saturated carbocycles. The highest BCUT2D eigenvalue weighted by atomic mass is 32.2. The average Bonchev–Trinajstić information content (AvgIpc) is 3.39. The minimum absolute atomic E-state index is 0.0464. The summed E-state index contributed by atoms with van der Waals surface area (Å²) < 4.78 is 27.8. The van der Waals surface area contributed by atoms with Gasteiger partial charge in [0.1, 0.15) is 11.4 Å². The number of fused-ring (bicyclic) bond motifs is 2. The molecule has 154 valence electrons. The van der Waals surface area contributed by atoms with Crippen molar-refractivity contribution in [3.05, 3.63) is 78.6 Å². The second-order valence-electron chi connectivity index (χ2n) is 8.19. The van der Waals surface area contributed by atoms with Crippen LogP contribution >= 0.6 is 0 Å². The van der Waals surface area contributed by atoms with Gasteiger partial charge in [-0.1, -0.05) is 23.8 Å². The van der Waals surface area contributed by atoms with Crippen molar-refractivity contribution in [2.24, 2.45) is 0 Å². The number of hydrogen-bond acceptors (Lipinski definition) is 5. The summed E-state index contributed by atoms with van der Waals surface area (Å²) in [5.41, 5.74) is 5.17. The summed E-state index contributed by atoms with van der Waals surface area (Å²) in [5, 5.41) is 3.17. The normalized spacial score (nSPS) is 15.2. The maximum atomic E-state index is 12.7. The van der Waals surface area contributed by atoms with Crippen molar-refractivity contribution in [1.29, 1.82) is 0 Å². The molecule has 0 aromatic heterocycles. The Labute approximate surface area is 174 Å². The molecule has 2 aliphatic rings. The predicted molar refractivity (Wildman–Crippen MR) is 117 cm³/mol. The summed E-state index contributed by atoms with van der Waals surface area (Å²) in [6, 6.07) is 8.61. The lowest BCUT2D eigenvalue weighted by Gasteiger charge is -2.20. The number of sulfonamides is 1. The Morgan fingerprint density at radius 2 is 1.33 bits per heavy atom. The van der Waals surface area contributed by atoms with Crippen LogP contribution < -0.4 is 20.9 Å². The minimum Gasteiger partial charge on any atom is -0.350 e. The summed E-state index contributed by atoms with van der Waals surface area (Å²) in [4.78, 5) is 24.6. The maximum absolute atomic E-state index is 12.7. The Morgan fingerprint density at radius 3 is 1.93 bits per heavy atom. The summed E-state index contributed by atoms with van der Waals surface area (Å²) in [7, 11) is -3.96. The lowest BCUT2D eigenvalue weighted by molar-refractivity contribution is 0.601. The van der Waals surface area contributed by atoms with Crippen molar-refractivity contribution >= 4 is 27.1 Å². The van der Waals surface area contributed by atoms with Gasteiger partial charge >= 0.3 is 0 Å². The molecule has 6 nitrogen and oxygen atoms in total. The number of rotatable bonds is 5. The SMILES string of the molecule is Cc1ccc(S(=O)(=O)Nc2c(Nc3c4c(cc5c3CCC5)CCC4)c(=O)c2=O)cc1. The van der Waals surface area contributed by atoms with Crippen LogP contribution in [-0.4, -0.2) is 8.42 Å².